The molecule has 1 aliphatic rings. The maximum atomic E-state index is 11.6. The molecule has 1 aromatic rings. The summed E-state index contributed by atoms with van der Waals surface area (Å²) < 4.78 is 11.0. The van der Waals surface area contributed by atoms with Crippen molar-refractivity contribution in [3.63, 3.8) is 0 Å². The first-order valence-corrected chi connectivity index (χ1v) is 6.46. The van der Waals surface area contributed by atoms with Crippen molar-refractivity contribution in [2.45, 2.75) is 38.0 Å². The van der Waals surface area contributed by atoms with E-state index in [0.717, 1.165) is 18.5 Å². The number of para-hydroxylation sites is 2. The van der Waals surface area contributed by atoms with Gasteiger partial charge in [0.05, 0.1) is 25.0 Å². The van der Waals surface area contributed by atoms with Crippen molar-refractivity contribution >= 4 is 11.6 Å². The van der Waals surface area contributed by atoms with E-state index in [-0.39, 0.29) is 12.2 Å². The number of primary amides is 1. The highest BCUT2D eigenvalue weighted by Gasteiger charge is 2.33. The summed E-state index contributed by atoms with van der Waals surface area (Å²) in [6.07, 6.45) is 1.77. The van der Waals surface area contributed by atoms with Gasteiger partial charge in [-0.2, -0.15) is 0 Å². The Balaban J connectivity index is 2.14. The van der Waals surface area contributed by atoms with Gasteiger partial charge >= 0.3 is 0 Å². The Labute approximate surface area is 113 Å². The molecular formula is C14H20N2O3. The highest BCUT2D eigenvalue weighted by molar-refractivity contribution is 5.84. The van der Waals surface area contributed by atoms with Crippen LogP contribution in [0, 0.1) is 0 Å². The van der Waals surface area contributed by atoms with Gasteiger partial charge in [0, 0.05) is 0 Å². The lowest BCUT2D eigenvalue weighted by atomic mass is 10.1. The number of ether oxygens (including phenoxy) is 2. The number of amides is 1. The molecule has 1 heterocycles. The van der Waals surface area contributed by atoms with Crippen LogP contribution in [-0.2, 0) is 9.53 Å². The summed E-state index contributed by atoms with van der Waals surface area (Å²) in [6, 6.07) is 6.89. The molecule has 3 atom stereocenters. The van der Waals surface area contributed by atoms with Crippen LogP contribution >= 0.6 is 0 Å². The van der Waals surface area contributed by atoms with Gasteiger partial charge in [-0.1, -0.05) is 12.1 Å². The van der Waals surface area contributed by atoms with Crippen LogP contribution in [0.1, 0.15) is 19.8 Å². The molecule has 2 rings (SSSR count). The number of anilines is 1. The molecule has 19 heavy (non-hydrogen) atoms. The lowest BCUT2D eigenvalue weighted by molar-refractivity contribution is -0.121. The van der Waals surface area contributed by atoms with Gasteiger partial charge in [0.25, 0.3) is 0 Å². The molecular weight excluding hydrogens is 244 g/mol. The zero-order valence-corrected chi connectivity index (χ0v) is 11.3. The van der Waals surface area contributed by atoms with Crippen molar-refractivity contribution in [3.8, 4) is 5.75 Å². The van der Waals surface area contributed by atoms with Gasteiger partial charge in [0.2, 0.25) is 5.91 Å². The summed E-state index contributed by atoms with van der Waals surface area (Å²) in [4.78, 5) is 11.6. The van der Waals surface area contributed by atoms with Crippen LogP contribution in [0.5, 0.6) is 5.75 Å². The normalized spacial score (nSPS) is 23.9. The molecule has 1 saturated heterocycles. The molecule has 1 amide bonds. The van der Waals surface area contributed by atoms with E-state index in [1.165, 1.54) is 0 Å². The fourth-order valence-electron chi connectivity index (χ4n) is 2.36. The van der Waals surface area contributed by atoms with E-state index in [2.05, 4.69) is 5.32 Å². The third-order valence-electron chi connectivity index (χ3n) is 3.36. The Kier molecular flexibility index (Phi) is 4.27. The summed E-state index contributed by atoms with van der Waals surface area (Å²) in [5.41, 5.74) is 6.23. The number of carbonyl (C=O) groups is 1. The SMILES string of the molecule is COc1ccccc1NC(C(N)=O)C1CCC(C)O1. The molecule has 5 heteroatoms. The Morgan fingerprint density at radius 3 is 2.79 bits per heavy atom. The van der Waals surface area contributed by atoms with Crippen molar-refractivity contribution in [2.75, 3.05) is 12.4 Å². The topological polar surface area (TPSA) is 73.6 Å². The fraction of sp³-hybridized carbons (Fsp3) is 0.500. The fourth-order valence-corrected chi connectivity index (χ4v) is 2.36. The molecule has 104 valence electrons. The summed E-state index contributed by atoms with van der Waals surface area (Å²) in [5.74, 6) is 0.268. The maximum absolute atomic E-state index is 11.6. The second-order valence-corrected chi connectivity index (χ2v) is 4.79. The summed E-state index contributed by atoms with van der Waals surface area (Å²) in [5, 5.41) is 3.14. The van der Waals surface area contributed by atoms with Crippen molar-refractivity contribution in [3.05, 3.63) is 24.3 Å². The molecule has 0 radical (unpaired) electrons. The van der Waals surface area contributed by atoms with Crippen molar-refractivity contribution in [1.29, 1.82) is 0 Å². The van der Waals surface area contributed by atoms with Gasteiger partial charge in [0.15, 0.2) is 0 Å². The predicted molar refractivity (Wildman–Crippen MR) is 73.2 cm³/mol. The number of rotatable bonds is 5. The van der Waals surface area contributed by atoms with Crippen LogP contribution in [0.2, 0.25) is 0 Å². The lowest BCUT2D eigenvalue weighted by Gasteiger charge is -2.23. The van der Waals surface area contributed by atoms with E-state index >= 15 is 0 Å². The summed E-state index contributed by atoms with van der Waals surface area (Å²) in [7, 11) is 1.59. The van der Waals surface area contributed by atoms with Crippen molar-refractivity contribution in [1.82, 2.24) is 0 Å². The number of benzene rings is 1. The zero-order valence-electron chi connectivity index (χ0n) is 11.3. The van der Waals surface area contributed by atoms with E-state index < -0.39 is 11.9 Å². The number of nitrogens with two attached hydrogens (primary N) is 1. The largest absolute Gasteiger partial charge is 0.495 e. The van der Waals surface area contributed by atoms with E-state index in [0.29, 0.717) is 5.75 Å². The van der Waals surface area contributed by atoms with Gasteiger partial charge in [-0.25, -0.2) is 0 Å². The van der Waals surface area contributed by atoms with Crippen LogP contribution in [0.25, 0.3) is 0 Å². The Morgan fingerprint density at radius 2 is 2.21 bits per heavy atom. The number of hydrogen-bond acceptors (Lipinski definition) is 4. The molecule has 1 aliphatic heterocycles. The predicted octanol–water partition coefficient (Wildman–Crippen LogP) is 1.53. The van der Waals surface area contributed by atoms with Crippen LogP contribution in [0.15, 0.2) is 24.3 Å². The van der Waals surface area contributed by atoms with E-state index in [1.54, 1.807) is 7.11 Å². The minimum absolute atomic E-state index is 0.173. The number of hydrogen-bond donors (Lipinski definition) is 2. The van der Waals surface area contributed by atoms with Gasteiger partial charge in [-0.15, -0.1) is 0 Å². The number of nitrogens with one attached hydrogen (secondary N) is 1. The third-order valence-corrected chi connectivity index (χ3v) is 3.36. The first kappa shape index (κ1) is 13.7. The second-order valence-electron chi connectivity index (χ2n) is 4.79. The van der Waals surface area contributed by atoms with E-state index in [9.17, 15) is 4.79 Å². The first-order valence-electron chi connectivity index (χ1n) is 6.46. The van der Waals surface area contributed by atoms with Crippen LogP contribution in [0.3, 0.4) is 0 Å². The van der Waals surface area contributed by atoms with Crippen molar-refractivity contribution in [2.24, 2.45) is 5.73 Å². The highest BCUT2D eigenvalue weighted by Crippen LogP contribution is 2.28. The molecule has 3 N–H and O–H groups in total. The van der Waals surface area contributed by atoms with Crippen LogP contribution in [-0.4, -0.2) is 31.3 Å². The molecule has 1 fully saturated rings. The van der Waals surface area contributed by atoms with Crippen molar-refractivity contribution < 1.29 is 14.3 Å². The van der Waals surface area contributed by atoms with E-state index in [1.807, 2.05) is 31.2 Å². The quantitative estimate of drug-likeness (QED) is 0.845. The second kappa shape index (κ2) is 5.93. The molecule has 5 nitrogen and oxygen atoms in total. The molecule has 0 aromatic heterocycles. The summed E-state index contributed by atoms with van der Waals surface area (Å²) in [6.45, 7) is 2.00. The van der Waals surface area contributed by atoms with Crippen LogP contribution < -0.4 is 15.8 Å². The minimum atomic E-state index is -0.541. The summed E-state index contributed by atoms with van der Waals surface area (Å²) >= 11 is 0. The number of methoxy groups -OCH3 is 1. The van der Waals surface area contributed by atoms with Gasteiger partial charge in [-0.3, -0.25) is 4.79 Å². The molecule has 0 saturated carbocycles. The monoisotopic (exact) mass is 264 g/mol. The highest BCUT2D eigenvalue weighted by atomic mass is 16.5. The lowest BCUT2D eigenvalue weighted by Crippen LogP contribution is -2.44. The average Bonchev–Trinajstić information content (AvgIpc) is 2.82. The molecule has 1 aromatic carbocycles. The van der Waals surface area contributed by atoms with Crippen LogP contribution in [0.4, 0.5) is 5.69 Å². The van der Waals surface area contributed by atoms with Gasteiger partial charge < -0.3 is 20.5 Å². The standard InChI is InChI=1S/C14H20N2O3/c1-9-7-8-12(19-9)13(14(15)17)16-10-5-3-4-6-11(10)18-2/h3-6,9,12-13,16H,7-8H2,1-2H3,(H2,15,17). The Morgan fingerprint density at radius 1 is 1.47 bits per heavy atom. The Bertz CT molecular complexity index is 450. The minimum Gasteiger partial charge on any atom is -0.495 e. The number of carbonyl (C=O) groups excluding carboxylic acids is 1. The molecule has 3 unspecified atom stereocenters. The molecule has 0 bridgehead atoms. The maximum Gasteiger partial charge on any atom is 0.242 e. The third kappa shape index (κ3) is 3.17. The zero-order chi connectivity index (χ0) is 13.8. The Hall–Kier alpha value is -1.75. The van der Waals surface area contributed by atoms with Gasteiger partial charge in [0.1, 0.15) is 11.8 Å². The van der Waals surface area contributed by atoms with E-state index in [4.69, 9.17) is 15.2 Å². The molecule has 0 aliphatic carbocycles. The van der Waals surface area contributed by atoms with Gasteiger partial charge in [-0.05, 0) is 31.9 Å². The first-order chi connectivity index (χ1) is 9.11. The smallest absolute Gasteiger partial charge is 0.242 e. The average molecular weight is 264 g/mol. The molecule has 0 spiro atoms.